The van der Waals surface area contributed by atoms with Crippen LogP contribution >= 0.6 is 46.4 Å². The number of carbonyl (C=O) groups is 2. The fourth-order valence-corrected chi connectivity index (χ4v) is 4.34. The van der Waals surface area contributed by atoms with Gasteiger partial charge >= 0.3 is 11.9 Å². The number of unbranched alkanes of at least 4 members (excludes halogenated alkanes) is 7. The van der Waals surface area contributed by atoms with Crippen LogP contribution in [0.3, 0.4) is 0 Å². The minimum Gasteiger partial charge on any atom is -0.480 e. The summed E-state index contributed by atoms with van der Waals surface area (Å²) >= 11 is 23.8. The van der Waals surface area contributed by atoms with Gasteiger partial charge in [-0.05, 0) is 12.8 Å². The molecule has 4 atom stereocenters. The molecule has 28 heavy (non-hydrogen) atoms. The highest BCUT2D eigenvalue weighted by Crippen LogP contribution is 2.35. The van der Waals surface area contributed by atoms with Gasteiger partial charge in [0.05, 0.1) is 0 Å². The van der Waals surface area contributed by atoms with Crippen LogP contribution in [0.15, 0.2) is 0 Å². The smallest absolute Gasteiger partial charge is 0.322 e. The third-order valence-corrected chi connectivity index (χ3v) is 8.16. The molecule has 2 N–H and O–H groups in total. The maximum atomic E-state index is 11.1. The summed E-state index contributed by atoms with van der Waals surface area (Å²) in [5, 5.41) is 16.2. The van der Waals surface area contributed by atoms with Gasteiger partial charge in [-0.2, -0.15) is 0 Å². The SMILES string of the molecule is CC(CCl)(CCCCCCCCCCC(C)(CCl)C(Cl)C(=O)O)C(Cl)C(=O)O. The molecular weight excluding hydrogens is 446 g/mol. The van der Waals surface area contributed by atoms with Crippen LogP contribution in [0, 0.1) is 10.8 Å². The van der Waals surface area contributed by atoms with Crippen molar-refractivity contribution in [3.8, 4) is 0 Å². The monoisotopic (exact) mass is 478 g/mol. The average molecular weight is 480 g/mol. The molecule has 0 aromatic rings. The number of hydrogen-bond acceptors (Lipinski definition) is 2. The Balaban J connectivity index is 3.88. The molecule has 0 spiro atoms. The lowest BCUT2D eigenvalue weighted by molar-refractivity contribution is -0.139. The van der Waals surface area contributed by atoms with E-state index in [-0.39, 0.29) is 11.8 Å². The van der Waals surface area contributed by atoms with E-state index in [1.807, 2.05) is 13.8 Å². The van der Waals surface area contributed by atoms with Crippen molar-refractivity contribution >= 4 is 58.3 Å². The molecule has 0 rings (SSSR count). The molecule has 0 aliphatic heterocycles. The first-order valence-corrected chi connectivity index (χ1v) is 11.8. The second kappa shape index (κ2) is 14.2. The lowest BCUT2D eigenvalue weighted by atomic mass is 9.82. The largest absolute Gasteiger partial charge is 0.480 e. The van der Waals surface area contributed by atoms with Crippen molar-refractivity contribution in [1.82, 2.24) is 0 Å². The number of alkyl halides is 4. The molecule has 166 valence electrons. The van der Waals surface area contributed by atoms with E-state index in [2.05, 4.69) is 0 Å². The Bertz CT molecular complexity index is 435. The van der Waals surface area contributed by atoms with Gasteiger partial charge in [-0.25, -0.2) is 0 Å². The third kappa shape index (κ3) is 9.73. The van der Waals surface area contributed by atoms with Gasteiger partial charge in [0.1, 0.15) is 10.8 Å². The molecule has 0 saturated carbocycles. The van der Waals surface area contributed by atoms with Gasteiger partial charge in [0, 0.05) is 22.6 Å². The Hall–Kier alpha value is 0.1000. The standard InChI is InChI=1S/C20H34Cl4O4/c1-19(13-21,15(23)17(25)26)11-9-7-5-3-4-6-8-10-12-20(2,14-22)16(24)18(27)28/h15-16H,3-14H2,1-2H3,(H,25,26)(H,27,28). The van der Waals surface area contributed by atoms with Crippen LogP contribution in [0.1, 0.15) is 78.1 Å². The molecule has 0 fully saturated rings. The number of halogens is 4. The van der Waals surface area contributed by atoms with Crippen molar-refractivity contribution in [2.75, 3.05) is 11.8 Å². The van der Waals surface area contributed by atoms with Crippen molar-refractivity contribution in [2.45, 2.75) is 88.8 Å². The first-order chi connectivity index (χ1) is 13.0. The van der Waals surface area contributed by atoms with Crippen LogP contribution in [0.4, 0.5) is 0 Å². The number of carboxylic acid groups (broad SMARTS) is 2. The number of rotatable bonds is 17. The lowest BCUT2D eigenvalue weighted by Gasteiger charge is -2.29. The summed E-state index contributed by atoms with van der Waals surface area (Å²) < 4.78 is 0. The van der Waals surface area contributed by atoms with Crippen LogP contribution in [0.2, 0.25) is 0 Å². The molecule has 0 radical (unpaired) electrons. The highest BCUT2D eigenvalue weighted by molar-refractivity contribution is 6.31. The van der Waals surface area contributed by atoms with Crippen molar-refractivity contribution < 1.29 is 19.8 Å². The Kier molecular flexibility index (Phi) is 14.2. The lowest BCUT2D eigenvalue weighted by Crippen LogP contribution is -2.36. The fourth-order valence-electron chi connectivity index (χ4n) is 3.24. The van der Waals surface area contributed by atoms with Crippen LogP contribution in [0.25, 0.3) is 0 Å². The zero-order valence-corrected chi connectivity index (χ0v) is 19.9. The minimum absolute atomic E-state index is 0.236. The van der Waals surface area contributed by atoms with Gasteiger partial charge in [0.15, 0.2) is 0 Å². The van der Waals surface area contributed by atoms with Crippen LogP contribution in [0.5, 0.6) is 0 Å². The second-order valence-corrected chi connectivity index (χ2v) is 9.71. The Morgan fingerprint density at radius 2 is 0.929 bits per heavy atom. The molecule has 0 heterocycles. The molecule has 0 aliphatic rings. The molecule has 0 aromatic heterocycles. The van der Waals surface area contributed by atoms with Gasteiger partial charge < -0.3 is 10.2 Å². The summed E-state index contributed by atoms with van der Waals surface area (Å²) in [7, 11) is 0. The van der Waals surface area contributed by atoms with Crippen molar-refractivity contribution in [2.24, 2.45) is 10.8 Å². The second-order valence-electron chi connectivity index (χ2n) is 8.31. The quantitative estimate of drug-likeness (QED) is 0.178. The molecule has 8 heteroatoms. The molecule has 4 nitrogen and oxygen atoms in total. The molecule has 0 amide bonds. The van der Waals surface area contributed by atoms with E-state index in [4.69, 9.17) is 56.6 Å². The number of aliphatic carboxylic acids is 2. The Morgan fingerprint density at radius 3 is 1.14 bits per heavy atom. The van der Waals surface area contributed by atoms with E-state index >= 15 is 0 Å². The van der Waals surface area contributed by atoms with Crippen LogP contribution in [-0.2, 0) is 9.59 Å². The molecule has 0 aromatic carbocycles. The molecule has 0 bridgehead atoms. The zero-order chi connectivity index (χ0) is 21.8. The summed E-state index contributed by atoms with van der Waals surface area (Å²) in [5.41, 5.74) is -1.17. The van der Waals surface area contributed by atoms with Gasteiger partial charge in [-0.3, -0.25) is 9.59 Å². The number of hydrogen-bond donors (Lipinski definition) is 2. The summed E-state index contributed by atoms with van der Waals surface area (Å²) in [5.74, 6) is -1.56. The van der Waals surface area contributed by atoms with Crippen molar-refractivity contribution in [3.05, 3.63) is 0 Å². The first kappa shape index (κ1) is 28.1. The average Bonchev–Trinajstić information content (AvgIpc) is 2.67. The van der Waals surface area contributed by atoms with Gasteiger partial charge in [0.25, 0.3) is 0 Å². The molecular formula is C20H34Cl4O4. The number of carboxylic acids is 2. The normalized spacial score (nSPS) is 18.1. The fraction of sp³-hybridized carbons (Fsp3) is 0.900. The van der Waals surface area contributed by atoms with E-state index < -0.39 is 33.5 Å². The summed E-state index contributed by atoms with van der Waals surface area (Å²) in [6.45, 7) is 3.66. The Morgan fingerprint density at radius 1 is 0.679 bits per heavy atom. The molecule has 4 unspecified atom stereocenters. The van der Waals surface area contributed by atoms with E-state index in [1.54, 1.807) is 0 Å². The third-order valence-electron chi connectivity index (χ3n) is 5.51. The predicted molar refractivity (Wildman–Crippen MR) is 118 cm³/mol. The minimum atomic E-state index is -1.01. The Labute approximate surface area is 189 Å². The zero-order valence-electron chi connectivity index (χ0n) is 16.9. The van der Waals surface area contributed by atoms with Crippen molar-refractivity contribution in [3.63, 3.8) is 0 Å². The molecule has 0 aliphatic carbocycles. The summed E-state index contributed by atoms with van der Waals surface area (Å²) in [6, 6.07) is 0. The van der Waals surface area contributed by atoms with Gasteiger partial charge in [-0.1, -0.05) is 65.2 Å². The molecule has 0 saturated heterocycles. The highest BCUT2D eigenvalue weighted by atomic mass is 35.5. The van der Waals surface area contributed by atoms with Gasteiger partial charge in [-0.15, -0.1) is 46.4 Å². The summed E-state index contributed by atoms with van der Waals surface area (Å²) in [4.78, 5) is 22.2. The maximum absolute atomic E-state index is 11.1. The van der Waals surface area contributed by atoms with Gasteiger partial charge in [0.2, 0.25) is 0 Å². The summed E-state index contributed by atoms with van der Waals surface area (Å²) in [6.07, 6.45) is 9.76. The van der Waals surface area contributed by atoms with E-state index in [9.17, 15) is 9.59 Å². The topological polar surface area (TPSA) is 74.6 Å². The maximum Gasteiger partial charge on any atom is 0.322 e. The predicted octanol–water partition coefficient (Wildman–Crippen LogP) is 6.76. The van der Waals surface area contributed by atoms with Crippen molar-refractivity contribution in [1.29, 1.82) is 0 Å². The first-order valence-electron chi connectivity index (χ1n) is 9.90. The van der Waals surface area contributed by atoms with E-state index in [1.165, 1.54) is 0 Å². The highest BCUT2D eigenvalue weighted by Gasteiger charge is 2.37. The van der Waals surface area contributed by atoms with Crippen LogP contribution < -0.4 is 0 Å². The van der Waals surface area contributed by atoms with E-state index in [0.29, 0.717) is 12.8 Å². The van der Waals surface area contributed by atoms with Crippen LogP contribution in [-0.4, -0.2) is 44.7 Å². The van der Waals surface area contributed by atoms with E-state index in [0.717, 1.165) is 51.4 Å².